The molecule has 0 spiro atoms. The average Bonchev–Trinajstić information content (AvgIpc) is 2.67. The third kappa shape index (κ3) is 5.09. The number of rotatable bonds is 8. The molecule has 3 rings (SSSR count). The van der Waals surface area contributed by atoms with Crippen LogP contribution in [0.3, 0.4) is 0 Å². The topological polar surface area (TPSA) is 64.5 Å². The van der Waals surface area contributed by atoms with E-state index in [1.165, 1.54) is 11.1 Å². The van der Waals surface area contributed by atoms with E-state index in [2.05, 4.69) is 10.6 Å². The molecule has 0 fully saturated rings. The molecule has 0 aromatic heterocycles. The normalized spacial score (nSPS) is 10.8. The second-order valence-corrected chi connectivity index (χ2v) is 6.29. The van der Waals surface area contributed by atoms with Gasteiger partial charge >= 0.3 is 0 Å². The Morgan fingerprint density at radius 2 is 1.00 bits per heavy atom. The highest BCUT2D eigenvalue weighted by Gasteiger charge is 2.10. The maximum absolute atomic E-state index is 10.5. The molecule has 26 heavy (non-hydrogen) atoms. The molecule has 0 aliphatic heterocycles. The molecular weight excluding hydrogens is 324 g/mol. The molecule has 4 heteroatoms. The second kappa shape index (κ2) is 9.04. The molecule has 0 amide bonds. The van der Waals surface area contributed by atoms with Crippen LogP contribution in [0.5, 0.6) is 11.5 Å². The number of hydrogen-bond acceptors (Lipinski definition) is 4. The third-order valence-electron chi connectivity index (χ3n) is 4.23. The van der Waals surface area contributed by atoms with Gasteiger partial charge in [0, 0.05) is 37.3 Å². The minimum absolute atomic E-state index is 0.163. The molecule has 134 valence electrons. The van der Waals surface area contributed by atoms with E-state index in [4.69, 9.17) is 0 Å². The summed E-state index contributed by atoms with van der Waals surface area (Å²) < 4.78 is 0. The summed E-state index contributed by atoms with van der Waals surface area (Å²) in [5.41, 5.74) is 3.74. The van der Waals surface area contributed by atoms with E-state index in [1.807, 2.05) is 60.7 Å². The van der Waals surface area contributed by atoms with E-state index in [9.17, 15) is 10.2 Å². The van der Waals surface area contributed by atoms with Crippen LogP contribution in [0.4, 0.5) is 0 Å². The van der Waals surface area contributed by atoms with Crippen molar-refractivity contribution >= 4 is 0 Å². The van der Waals surface area contributed by atoms with Crippen molar-refractivity contribution in [2.45, 2.75) is 26.2 Å². The van der Waals surface area contributed by atoms with Crippen molar-refractivity contribution in [3.05, 3.63) is 95.1 Å². The highest BCUT2D eigenvalue weighted by Crippen LogP contribution is 2.28. The first-order valence-corrected chi connectivity index (χ1v) is 8.75. The van der Waals surface area contributed by atoms with Gasteiger partial charge in [-0.05, 0) is 23.3 Å². The zero-order valence-corrected chi connectivity index (χ0v) is 14.7. The number of phenols is 2. The van der Waals surface area contributed by atoms with E-state index in [0.717, 1.165) is 0 Å². The summed E-state index contributed by atoms with van der Waals surface area (Å²) in [6.45, 7) is 2.39. The summed E-state index contributed by atoms with van der Waals surface area (Å²) in [6, 6.07) is 23.4. The Morgan fingerprint density at radius 3 is 1.42 bits per heavy atom. The number of aromatic hydroxyl groups is 2. The minimum Gasteiger partial charge on any atom is -0.508 e. The van der Waals surface area contributed by atoms with Crippen LogP contribution < -0.4 is 10.6 Å². The molecule has 0 atom stereocenters. The third-order valence-corrected chi connectivity index (χ3v) is 4.23. The van der Waals surface area contributed by atoms with Gasteiger partial charge in [0.1, 0.15) is 11.5 Å². The van der Waals surface area contributed by atoms with Crippen molar-refractivity contribution < 1.29 is 10.2 Å². The van der Waals surface area contributed by atoms with Crippen molar-refractivity contribution in [3.63, 3.8) is 0 Å². The molecule has 0 saturated carbocycles. The van der Waals surface area contributed by atoms with Crippen molar-refractivity contribution in [1.82, 2.24) is 10.6 Å². The lowest BCUT2D eigenvalue weighted by atomic mass is 10.1. The van der Waals surface area contributed by atoms with Gasteiger partial charge in [-0.25, -0.2) is 0 Å². The zero-order valence-electron chi connectivity index (χ0n) is 14.7. The lowest BCUT2D eigenvalue weighted by Crippen LogP contribution is -2.15. The maximum Gasteiger partial charge on any atom is 0.124 e. The predicted molar refractivity (Wildman–Crippen MR) is 104 cm³/mol. The first kappa shape index (κ1) is 18.0. The van der Waals surface area contributed by atoms with Crippen molar-refractivity contribution in [2.75, 3.05) is 0 Å². The fraction of sp³-hybridized carbons (Fsp3) is 0.182. The first-order chi connectivity index (χ1) is 12.7. The smallest absolute Gasteiger partial charge is 0.124 e. The van der Waals surface area contributed by atoms with Gasteiger partial charge in [-0.1, -0.05) is 60.7 Å². The Kier molecular flexibility index (Phi) is 6.25. The summed E-state index contributed by atoms with van der Waals surface area (Å²) in [5.74, 6) is 0.389. The molecular formula is C22H24N2O2. The van der Waals surface area contributed by atoms with Gasteiger partial charge in [0.2, 0.25) is 0 Å². The predicted octanol–water partition coefficient (Wildman–Crippen LogP) is 3.68. The monoisotopic (exact) mass is 348 g/mol. The SMILES string of the molecule is Oc1cc(CNCc2ccccc2)c(O)c(CNCc2ccccc2)c1. The molecule has 4 nitrogen and oxygen atoms in total. The van der Waals surface area contributed by atoms with Crippen LogP contribution in [0.15, 0.2) is 72.8 Å². The Labute approximate surface area is 154 Å². The quantitative estimate of drug-likeness (QED) is 0.469. The van der Waals surface area contributed by atoms with Gasteiger partial charge in [0.15, 0.2) is 0 Å². The maximum atomic E-state index is 10.5. The second-order valence-electron chi connectivity index (χ2n) is 6.29. The van der Waals surface area contributed by atoms with Crippen molar-refractivity contribution in [1.29, 1.82) is 0 Å². The highest BCUT2D eigenvalue weighted by molar-refractivity contribution is 5.46. The molecule has 3 aromatic rings. The minimum atomic E-state index is 0.163. The Morgan fingerprint density at radius 1 is 0.577 bits per heavy atom. The molecule has 0 aliphatic rings. The Bertz CT molecular complexity index is 754. The summed E-state index contributed by atoms with van der Waals surface area (Å²) in [5, 5.41) is 27.1. The van der Waals surface area contributed by atoms with E-state index in [1.54, 1.807) is 12.1 Å². The fourth-order valence-electron chi connectivity index (χ4n) is 2.89. The Balaban J connectivity index is 1.58. The molecule has 3 aromatic carbocycles. The number of benzene rings is 3. The van der Waals surface area contributed by atoms with E-state index >= 15 is 0 Å². The van der Waals surface area contributed by atoms with Gasteiger partial charge < -0.3 is 20.8 Å². The lowest BCUT2D eigenvalue weighted by molar-refractivity contribution is 0.441. The van der Waals surface area contributed by atoms with E-state index in [-0.39, 0.29) is 11.5 Å². The summed E-state index contributed by atoms with van der Waals surface area (Å²) >= 11 is 0. The van der Waals surface area contributed by atoms with Crippen molar-refractivity contribution in [2.24, 2.45) is 0 Å². The largest absolute Gasteiger partial charge is 0.508 e. The van der Waals surface area contributed by atoms with Gasteiger partial charge in [-0.2, -0.15) is 0 Å². The lowest BCUT2D eigenvalue weighted by Gasteiger charge is -2.13. The molecule has 4 N–H and O–H groups in total. The fourth-order valence-corrected chi connectivity index (χ4v) is 2.89. The summed E-state index contributed by atoms with van der Waals surface area (Å²) in [7, 11) is 0. The molecule has 0 aliphatic carbocycles. The van der Waals surface area contributed by atoms with Crippen LogP contribution in [-0.2, 0) is 26.2 Å². The summed E-state index contributed by atoms with van der Waals surface area (Å²) in [6.07, 6.45) is 0. The van der Waals surface area contributed by atoms with Gasteiger partial charge in [-0.3, -0.25) is 0 Å². The molecule has 0 saturated heterocycles. The van der Waals surface area contributed by atoms with Gasteiger partial charge in [-0.15, -0.1) is 0 Å². The summed E-state index contributed by atoms with van der Waals surface area (Å²) in [4.78, 5) is 0. The van der Waals surface area contributed by atoms with E-state index < -0.39 is 0 Å². The van der Waals surface area contributed by atoms with Crippen molar-refractivity contribution in [3.8, 4) is 11.5 Å². The van der Waals surface area contributed by atoms with Crippen LogP contribution >= 0.6 is 0 Å². The average molecular weight is 348 g/mol. The molecule has 0 bridgehead atoms. The Hall–Kier alpha value is -2.82. The van der Waals surface area contributed by atoms with Crippen LogP contribution in [0.2, 0.25) is 0 Å². The standard InChI is InChI=1S/C22H24N2O2/c25-21-11-19(15-23-13-17-7-3-1-4-8-17)22(26)20(12-21)16-24-14-18-9-5-2-6-10-18/h1-12,23-26H,13-16H2. The number of hydrogen-bond donors (Lipinski definition) is 4. The van der Waals surface area contributed by atoms with Crippen LogP contribution in [0.1, 0.15) is 22.3 Å². The van der Waals surface area contributed by atoms with Gasteiger partial charge in [0.25, 0.3) is 0 Å². The van der Waals surface area contributed by atoms with Crippen LogP contribution in [0, 0.1) is 0 Å². The molecule has 0 radical (unpaired) electrons. The van der Waals surface area contributed by atoms with E-state index in [0.29, 0.717) is 37.3 Å². The van der Waals surface area contributed by atoms with Gasteiger partial charge in [0.05, 0.1) is 0 Å². The zero-order chi connectivity index (χ0) is 18.2. The first-order valence-electron chi connectivity index (χ1n) is 8.75. The molecule has 0 heterocycles. The van der Waals surface area contributed by atoms with Crippen LogP contribution in [0.25, 0.3) is 0 Å². The van der Waals surface area contributed by atoms with Crippen LogP contribution in [-0.4, -0.2) is 10.2 Å². The highest BCUT2D eigenvalue weighted by atomic mass is 16.3. The molecule has 0 unspecified atom stereocenters. The number of phenolic OH excluding ortho intramolecular Hbond substituents is 2. The number of nitrogens with one attached hydrogen (secondary N) is 2.